The summed E-state index contributed by atoms with van der Waals surface area (Å²) in [6.07, 6.45) is 0. The Morgan fingerprint density at radius 1 is 1.00 bits per heavy atom. The molecular weight excluding hydrogens is 340 g/mol. The first-order valence-electron chi connectivity index (χ1n) is 7.48. The molecule has 0 spiro atoms. The Balaban J connectivity index is 1.80. The largest absolute Gasteiger partial charge is 0.493 e. The Labute approximate surface area is 150 Å². The average molecular weight is 357 g/mol. The molecule has 25 heavy (non-hydrogen) atoms. The fourth-order valence-corrected chi connectivity index (χ4v) is 2.60. The van der Waals surface area contributed by atoms with Gasteiger partial charge in [0.15, 0.2) is 22.5 Å². The molecule has 0 aliphatic rings. The summed E-state index contributed by atoms with van der Waals surface area (Å²) in [6, 6.07) is 13.1. The van der Waals surface area contributed by atoms with Gasteiger partial charge in [0, 0.05) is 16.3 Å². The minimum absolute atomic E-state index is 0.361. The van der Waals surface area contributed by atoms with Crippen molar-refractivity contribution in [2.24, 2.45) is 0 Å². The summed E-state index contributed by atoms with van der Waals surface area (Å²) < 4.78 is 10.5. The van der Waals surface area contributed by atoms with Crippen molar-refractivity contribution in [2.75, 3.05) is 19.6 Å². The molecule has 0 amide bonds. The van der Waals surface area contributed by atoms with Gasteiger partial charge >= 0.3 is 0 Å². The second kappa shape index (κ2) is 7.27. The van der Waals surface area contributed by atoms with Crippen molar-refractivity contribution in [1.29, 1.82) is 0 Å². The van der Waals surface area contributed by atoms with Gasteiger partial charge in [0.25, 0.3) is 0 Å². The lowest BCUT2D eigenvalue weighted by atomic mass is 10.1. The summed E-state index contributed by atoms with van der Waals surface area (Å²) in [4.78, 5) is 0. The van der Waals surface area contributed by atoms with Crippen LogP contribution in [0.15, 0.2) is 49.0 Å². The van der Waals surface area contributed by atoms with E-state index in [0.717, 1.165) is 16.3 Å². The van der Waals surface area contributed by atoms with Crippen LogP contribution >= 0.6 is 11.6 Å². The molecule has 0 aliphatic carbocycles. The van der Waals surface area contributed by atoms with E-state index in [9.17, 15) is 0 Å². The van der Waals surface area contributed by atoms with Crippen molar-refractivity contribution >= 4 is 33.9 Å². The maximum absolute atomic E-state index is 6.08. The molecule has 0 aliphatic heterocycles. The van der Waals surface area contributed by atoms with Gasteiger partial charge in [-0.2, -0.15) is 0 Å². The van der Waals surface area contributed by atoms with Gasteiger partial charge in [-0.15, -0.1) is 10.2 Å². The lowest BCUT2D eigenvalue weighted by Crippen LogP contribution is -2.20. The second-order valence-electron chi connectivity index (χ2n) is 5.18. The van der Waals surface area contributed by atoms with Gasteiger partial charge < -0.3 is 9.47 Å². The SMILES string of the molecule is C=C(NNc1nnc(Cl)c2ccccc12)c1ccc(OC)c(OC)c1. The van der Waals surface area contributed by atoms with E-state index in [1.165, 1.54) is 0 Å². The van der Waals surface area contributed by atoms with Crippen LogP contribution in [0.4, 0.5) is 5.82 Å². The molecule has 7 heteroatoms. The number of nitrogens with one attached hydrogen (secondary N) is 2. The summed E-state index contributed by atoms with van der Waals surface area (Å²) in [5.41, 5.74) is 7.54. The number of hydrazine groups is 1. The Kier molecular flexibility index (Phi) is 4.90. The van der Waals surface area contributed by atoms with Gasteiger partial charge in [0.2, 0.25) is 0 Å². The van der Waals surface area contributed by atoms with Crippen LogP contribution in [-0.4, -0.2) is 24.4 Å². The molecule has 6 nitrogen and oxygen atoms in total. The van der Waals surface area contributed by atoms with E-state index in [4.69, 9.17) is 21.1 Å². The fraction of sp³-hybridized carbons (Fsp3) is 0.111. The van der Waals surface area contributed by atoms with Crippen LogP contribution < -0.4 is 20.3 Å². The first-order valence-corrected chi connectivity index (χ1v) is 7.86. The number of hydrogen-bond acceptors (Lipinski definition) is 6. The molecule has 0 bridgehead atoms. The minimum atomic E-state index is 0.361. The second-order valence-corrected chi connectivity index (χ2v) is 5.54. The smallest absolute Gasteiger partial charge is 0.175 e. The van der Waals surface area contributed by atoms with Crippen molar-refractivity contribution in [3.63, 3.8) is 0 Å². The molecule has 3 rings (SSSR count). The maximum atomic E-state index is 6.08. The number of hydrogen-bond donors (Lipinski definition) is 2. The number of rotatable bonds is 6. The molecule has 1 aromatic heterocycles. The van der Waals surface area contributed by atoms with E-state index in [-0.39, 0.29) is 0 Å². The quantitative estimate of drug-likeness (QED) is 0.653. The van der Waals surface area contributed by atoms with Crippen molar-refractivity contribution in [3.8, 4) is 11.5 Å². The van der Waals surface area contributed by atoms with Gasteiger partial charge in [0.1, 0.15) is 0 Å². The summed E-state index contributed by atoms with van der Waals surface area (Å²) in [5, 5.41) is 10.1. The van der Waals surface area contributed by atoms with Gasteiger partial charge in [-0.1, -0.05) is 42.4 Å². The lowest BCUT2D eigenvalue weighted by Gasteiger charge is -2.15. The molecule has 0 radical (unpaired) electrons. The third-order valence-electron chi connectivity index (χ3n) is 3.71. The molecule has 0 unspecified atom stereocenters. The third kappa shape index (κ3) is 3.44. The van der Waals surface area contributed by atoms with Gasteiger partial charge in [0.05, 0.1) is 19.9 Å². The highest BCUT2D eigenvalue weighted by Crippen LogP contribution is 2.29. The van der Waals surface area contributed by atoms with Crippen LogP contribution in [0.25, 0.3) is 16.5 Å². The Morgan fingerprint density at radius 3 is 2.44 bits per heavy atom. The molecule has 2 N–H and O–H groups in total. The summed E-state index contributed by atoms with van der Waals surface area (Å²) in [5.74, 6) is 1.84. The Bertz CT molecular complexity index is 930. The molecule has 2 aromatic carbocycles. The molecule has 1 heterocycles. The monoisotopic (exact) mass is 356 g/mol. The number of fused-ring (bicyclic) bond motifs is 1. The molecule has 128 valence electrons. The van der Waals surface area contributed by atoms with Gasteiger partial charge in [-0.25, -0.2) is 0 Å². The predicted molar refractivity (Wildman–Crippen MR) is 99.9 cm³/mol. The summed E-state index contributed by atoms with van der Waals surface area (Å²) in [6.45, 7) is 4.02. The number of anilines is 1. The van der Waals surface area contributed by atoms with Crippen molar-refractivity contribution in [3.05, 3.63) is 59.8 Å². The number of halogens is 1. The van der Waals surface area contributed by atoms with E-state index in [0.29, 0.717) is 28.2 Å². The van der Waals surface area contributed by atoms with Crippen molar-refractivity contribution in [1.82, 2.24) is 15.6 Å². The van der Waals surface area contributed by atoms with Crippen LogP contribution in [0.3, 0.4) is 0 Å². The summed E-state index contributed by atoms with van der Waals surface area (Å²) >= 11 is 6.08. The molecular formula is C18H17ClN4O2. The maximum Gasteiger partial charge on any atom is 0.175 e. The highest BCUT2D eigenvalue weighted by Gasteiger charge is 2.09. The van der Waals surface area contributed by atoms with Crippen molar-refractivity contribution in [2.45, 2.75) is 0 Å². The van der Waals surface area contributed by atoms with Gasteiger partial charge in [-0.3, -0.25) is 10.9 Å². The number of ether oxygens (including phenoxy) is 2. The van der Waals surface area contributed by atoms with E-state index in [2.05, 4.69) is 27.6 Å². The standard InChI is InChI=1S/C18H17ClN4O2/c1-11(12-8-9-15(24-2)16(10-12)25-3)20-22-18-14-7-5-4-6-13(14)17(19)21-23-18/h4-10,20H,1H2,2-3H3,(H,22,23). The number of benzene rings is 2. The van der Waals surface area contributed by atoms with Crippen LogP contribution in [0.5, 0.6) is 11.5 Å². The normalized spacial score (nSPS) is 10.4. The van der Waals surface area contributed by atoms with Crippen LogP contribution in [0, 0.1) is 0 Å². The Morgan fingerprint density at radius 2 is 1.72 bits per heavy atom. The van der Waals surface area contributed by atoms with Crippen LogP contribution in [0.2, 0.25) is 5.15 Å². The number of methoxy groups -OCH3 is 2. The summed E-state index contributed by atoms with van der Waals surface area (Å²) in [7, 11) is 3.18. The zero-order valence-electron chi connectivity index (χ0n) is 13.8. The van der Waals surface area contributed by atoms with Crippen LogP contribution in [0.1, 0.15) is 5.56 Å². The average Bonchev–Trinajstić information content (AvgIpc) is 2.67. The third-order valence-corrected chi connectivity index (χ3v) is 3.99. The van der Waals surface area contributed by atoms with Crippen LogP contribution in [-0.2, 0) is 0 Å². The molecule has 0 saturated heterocycles. The lowest BCUT2D eigenvalue weighted by molar-refractivity contribution is 0.355. The molecule has 0 saturated carbocycles. The minimum Gasteiger partial charge on any atom is -0.493 e. The zero-order chi connectivity index (χ0) is 17.8. The first kappa shape index (κ1) is 16.9. The van der Waals surface area contributed by atoms with Crippen molar-refractivity contribution < 1.29 is 9.47 Å². The van der Waals surface area contributed by atoms with E-state index < -0.39 is 0 Å². The predicted octanol–water partition coefficient (Wildman–Crippen LogP) is 3.89. The highest BCUT2D eigenvalue weighted by molar-refractivity contribution is 6.34. The molecule has 0 atom stereocenters. The number of nitrogens with zero attached hydrogens (tertiary/aromatic N) is 2. The topological polar surface area (TPSA) is 68.3 Å². The molecule has 3 aromatic rings. The van der Waals surface area contributed by atoms with E-state index in [1.807, 2.05) is 42.5 Å². The fourth-order valence-electron chi connectivity index (χ4n) is 2.39. The Hall–Kier alpha value is -2.99. The highest BCUT2D eigenvalue weighted by atomic mass is 35.5. The first-order chi connectivity index (χ1) is 12.1. The number of aromatic nitrogens is 2. The van der Waals surface area contributed by atoms with Gasteiger partial charge in [-0.05, 0) is 18.2 Å². The zero-order valence-corrected chi connectivity index (χ0v) is 14.6. The van der Waals surface area contributed by atoms with E-state index >= 15 is 0 Å². The molecule has 0 fully saturated rings. The van der Waals surface area contributed by atoms with E-state index in [1.54, 1.807) is 14.2 Å².